The topological polar surface area (TPSA) is 184 Å². The fraction of sp³-hybridized carbons (Fsp3) is 0.267. The highest BCUT2D eigenvalue weighted by Crippen LogP contribution is 2.47. The molecule has 5 rings (SSSR count). The van der Waals surface area contributed by atoms with Gasteiger partial charge < -0.3 is 24.7 Å². The fourth-order valence-corrected chi connectivity index (χ4v) is 6.11. The lowest BCUT2D eigenvalue weighted by Gasteiger charge is -2.25. The highest BCUT2D eigenvalue weighted by molar-refractivity contribution is 7.52. The number of imidazole rings is 1. The monoisotopic (exact) mass is 620 g/mol. The first-order valence-electron chi connectivity index (χ1n) is 14.0. The molecule has 230 valence electrons. The van der Waals surface area contributed by atoms with Crippen molar-refractivity contribution in [1.82, 2.24) is 24.6 Å². The quantitative estimate of drug-likeness (QED) is 0.105. The number of benzene rings is 3. The average Bonchev–Trinajstić information content (AvgIpc) is 3.43. The maximum atomic E-state index is 14.2. The van der Waals surface area contributed by atoms with Crippen molar-refractivity contribution in [3.05, 3.63) is 95.0 Å². The Kier molecular flexibility index (Phi) is 9.71. The Morgan fingerprint density at radius 3 is 2.66 bits per heavy atom. The Hall–Kier alpha value is -4.55. The summed E-state index contributed by atoms with van der Waals surface area (Å²) in [5.41, 5.74) is 6.48. The molecule has 0 aliphatic carbocycles. The number of nitrogens with two attached hydrogens (primary N) is 1. The molecule has 3 atom stereocenters. The Bertz CT molecular complexity index is 1840. The van der Waals surface area contributed by atoms with Crippen LogP contribution in [0.3, 0.4) is 0 Å². The number of nitrogen functional groups attached to an aromatic ring is 1. The third-order valence-electron chi connectivity index (χ3n) is 6.91. The van der Waals surface area contributed by atoms with Gasteiger partial charge in [0.2, 0.25) is 5.95 Å². The van der Waals surface area contributed by atoms with E-state index in [9.17, 15) is 19.3 Å². The Balaban J connectivity index is 1.30. The Labute approximate surface area is 252 Å². The molecule has 0 spiro atoms. The number of hydrogen-bond donors (Lipinski definition) is 4. The fourth-order valence-electron chi connectivity index (χ4n) is 4.53. The minimum absolute atomic E-state index is 0.0414. The summed E-state index contributed by atoms with van der Waals surface area (Å²) >= 11 is 0. The van der Waals surface area contributed by atoms with Gasteiger partial charge in [-0.05, 0) is 30.4 Å². The van der Waals surface area contributed by atoms with Gasteiger partial charge in [0.1, 0.15) is 18.4 Å². The molecule has 0 saturated heterocycles. The Morgan fingerprint density at radius 2 is 1.86 bits per heavy atom. The number of hydrogen-bond acceptors (Lipinski definition) is 10. The molecular formula is C30H33N6O7P. The predicted molar refractivity (Wildman–Crippen MR) is 165 cm³/mol. The number of ether oxygens (including phenoxy) is 1. The number of aryl methyl sites for hydroxylation is 1. The largest absolute Gasteiger partial charge is 0.460 e. The van der Waals surface area contributed by atoms with Gasteiger partial charge in [0.05, 0.1) is 12.9 Å². The molecule has 0 bridgehead atoms. The summed E-state index contributed by atoms with van der Waals surface area (Å²) in [4.78, 5) is 35.6. The SMILES string of the molecule is C[C@H](NP(=O)(OCC(CO)CCn1cnc2c(=O)[nH]c(N)nc21)Oc1cccc2ccccc12)C(=O)OCc1ccccc1. The molecule has 0 saturated carbocycles. The molecule has 0 aliphatic heterocycles. The van der Waals surface area contributed by atoms with E-state index in [-0.39, 0.29) is 31.3 Å². The molecule has 13 nitrogen and oxygen atoms in total. The standard InChI is InChI=1S/C30H33N6O7P/c1-20(29(39)41-17-21-8-3-2-4-9-21)35-44(40,43-25-13-7-11-23-10-5-6-12-24(23)25)42-18-22(16-37)14-15-36-19-32-26-27(36)33-30(31)34-28(26)38/h2-13,19-20,22,37H,14-18H2,1H3,(H,35,40)(H3,31,33,34,38)/t20-,22?,44?/m0/s1. The van der Waals surface area contributed by atoms with Gasteiger partial charge >= 0.3 is 13.7 Å². The average molecular weight is 621 g/mol. The molecule has 0 amide bonds. The first-order valence-corrected chi connectivity index (χ1v) is 15.5. The van der Waals surface area contributed by atoms with Crippen LogP contribution < -0.4 is 20.9 Å². The van der Waals surface area contributed by atoms with E-state index < -0.39 is 31.2 Å². The molecule has 2 aromatic heterocycles. The highest BCUT2D eigenvalue weighted by Gasteiger charge is 2.33. The second-order valence-electron chi connectivity index (χ2n) is 10.2. The molecule has 0 radical (unpaired) electrons. The molecular weight excluding hydrogens is 587 g/mol. The van der Waals surface area contributed by atoms with Gasteiger partial charge in [-0.15, -0.1) is 0 Å². The minimum atomic E-state index is -4.21. The molecule has 2 unspecified atom stereocenters. The number of aromatic amines is 1. The van der Waals surface area contributed by atoms with E-state index in [0.29, 0.717) is 29.7 Å². The molecule has 5 N–H and O–H groups in total. The number of rotatable bonds is 14. The number of H-pyrrole nitrogens is 1. The van der Waals surface area contributed by atoms with Crippen LogP contribution >= 0.6 is 7.75 Å². The van der Waals surface area contributed by atoms with E-state index in [0.717, 1.165) is 10.9 Å². The first-order chi connectivity index (χ1) is 21.2. The molecule has 44 heavy (non-hydrogen) atoms. The smallest absolute Gasteiger partial charge is 0.459 e. The summed E-state index contributed by atoms with van der Waals surface area (Å²) in [5.74, 6) is -0.895. The predicted octanol–water partition coefficient (Wildman–Crippen LogP) is 3.78. The molecule has 5 aromatic rings. The summed E-state index contributed by atoms with van der Waals surface area (Å²) in [5, 5.41) is 14.4. The first kappa shape index (κ1) is 30.9. The lowest BCUT2D eigenvalue weighted by atomic mass is 10.1. The second kappa shape index (κ2) is 13.8. The summed E-state index contributed by atoms with van der Waals surface area (Å²) in [6.07, 6.45) is 1.81. The molecule has 0 aliphatic rings. The van der Waals surface area contributed by atoms with Gasteiger partial charge in [-0.25, -0.2) is 9.55 Å². The number of fused-ring (bicyclic) bond motifs is 2. The van der Waals surface area contributed by atoms with Gasteiger partial charge in [0.25, 0.3) is 5.56 Å². The van der Waals surface area contributed by atoms with Gasteiger partial charge in [-0.1, -0.05) is 66.7 Å². The summed E-state index contributed by atoms with van der Waals surface area (Å²) in [6, 6.07) is 20.9. The number of nitrogens with zero attached hydrogens (tertiary/aromatic N) is 3. The Morgan fingerprint density at radius 1 is 1.11 bits per heavy atom. The van der Waals surface area contributed by atoms with Crippen molar-refractivity contribution in [3.63, 3.8) is 0 Å². The summed E-state index contributed by atoms with van der Waals surface area (Å²) in [6.45, 7) is 1.38. The van der Waals surface area contributed by atoms with Crippen molar-refractivity contribution >= 4 is 41.6 Å². The number of carbonyl (C=O) groups excluding carboxylic acids is 1. The van der Waals surface area contributed by atoms with Crippen LogP contribution in [0, 0.1) is 5.92 Å². The van der Waals surface area contributed by atoms with E-state index in [1.807, 2.05) is 60.7 Å². The summed E-state index contributed by atoms with van der Waals surface area (Å²) in [7, 11) is -4.21. The van der Waals surface area contributed by atoms with E-state index in [1.54, 1.807) is 16.7 Å². The third kappa shape index (κ3) is 7.50. The van der Waals surface area contributed by atoms with Crippen molar-refractivity contribution in [2.45, 2.75) is 32.5 Å². The van der Waals surface area contributed by atoms with Gasteiger partial charge in [0, 0.05) is 24.5 Å². The molecule has 0 fully saturated rings. The van der Waals surface area contributed by atoms with E-state index >= 15 is 0 Å². The van der Waals surface area contributed by atoms with Crippen LogP contribution in [0.2, 0.25) is 0 Å². The molecule has 3 aromatic carbocycles. The molecule has 14 heteroatoms. The van der Waals surface area contributed by atoms with Crippen LogP contribution in [0.4, 0.5) is 5.95 Å². The number of aliphatic hydroxyl groups excluding tert-OH is 1. The van der Waals surface area contributed by atoms with Crippen molar-refractivity contribution in [2.24, 2.45) is 5.92 Å². The lowest BCUT2D eigenvalue weighted by Crippen LogP contribution is -2.35. The maximum Gasteiger partial charge on any atom is 0.459 e. The number of nitrogens with one attached hydrogen (secondary N) is 2. The summed E-state index contributed by atoms with van der Waals surface area (Å²) < 4.78 is 33.1. The second-order valence-corrected chi connectivity index (χ2v) is 11.9. The zero-order valence-corrected chi connectivity index (χ0v) is 24.9. The van der Waals surface area contributed by atoms with Crippen LogP contribution in [0.5, 0.6) is 5.75 Å². The normalized spacial score (nSPS) is 14.2. The number of carbonyl (C=O) groups is 1. The van der Waals surface area contributed by atoms with Gasteiger partial charge in [-0.2, -0.15) is 10.1 Å². The highest BCUT2D eigenvalue weighted by atomic mass is 31.2. The maximum absolute atomic E-state index is 14.2. The van der Waals surface area contributed by atoms with Crippen LogP contribution in [-0.4, -0.2) is 49.9 Å². The van der Waals surface area contributed by atoms with E-state index in [2.05, 4.69) is 20.0 Å². The van der Waals surface area contributed by atoms with E-state index in [1.165, 1.54) is 13.3 Å². The third-order valence-corrected chi connectivity index (χ3v) is 8.54. The zero-order chi connectivity index (χ0) is 31.1. The lowest BCUT2D eigenvalue weighted by molar-refractivity contribution is -0.146. The van der Waals surface area contributed by atoms with Crippen LogP contribution in [-0.2, 0) is 31.8 Å². The van der Waals surface area contributed by atoms with Gasteiger partial charge in [-0.3, -0.25) is 19.1 Å². The number of aromatic nitrogens is 4. The molecule has 2 heterocycles. The number of aliphatic hydroxyl groups is 1. The van der Waals surface area contributed by atoms with Crippen molar-refractivity contribution < 1.29 is 28.3 Å². The van der Waals surface area contributed by atoms with Crippen molar-refractivity contribution in [3.8, 4) is 5.75 Å². The number of anilines is 1. The van der Waals surface area contributed by atoms with Crippen LogP contribution in [0.1, 0.15) is 18.9 Å². The van der Waals surface area contributed by atoms with Crippen molar-refractivity contribution in [2.75, 3.05) is 18.9 Å². The van der Waals surface area contributed by atoms with Gasteiger partial charge in [0.15, 0.2) is 11.2 Å². The minimum Gasteiger partial charge on any atom is -0.460 e. The zero-order valence-electron chi connectivity index (χ0n) is 24.0. The number of esters is 1. The van der Waals surface area contributed by atoms with Crippen LogP contribution in [0.25, 0.3) is 21.9 Å². The van der Waals surface area contributed by atoms with Crippen LogP contribution in [0.15, 0.2) is 83.9 Å². The van der Waals surface area contributed by atoms with E-state index in [4.69, 9.17) is 19.5 Å². The van der Waals surface area contributed by atoms with Crippen molar-refractivity contribution in [1.29, 1.82) is 0 Å².